The topological polar surface area (TPSA) is 78.1 Å². The van der Waals surface area contributed by atoms with Gasteiger partial charge in [-0.3, -0.25) is 0 Å². The average molecular weight is 355 g/mol. The number of halogens is 1. The van der Waals surface area contributed by atoms with Crippen molar-refractivity contribution in [2.75, 3.05) is 0 Å². The predicted octanol–water partition coefficient (Wildman–Crippen LogP) is 3.84. The van der Waals surface area contributed by atoms with Gasteiger partial charge in [0.25, 0.3) is 0 Å². The van der Waals surface area contributed by atoms with Crippen LogP contribution in [0.3, 0.4) is 0 Å². The van der Waals surface area contributed by atoms with Gasteiger partial charge in [-0.1, -0.05) is 5.16 Å². The maximum absolute atomic E-state index is 12.9. The summed E-state index contributed by atoms with van der Waals surface area (Å²) in [7, 11) is 0. The van der Waals surface area contributed by atoms with E-state index in [0.717, 1.165) is 17.2 Å². The van der Waals surface area contributed by atoms with Crippen LogP contribution in [0, 0.1) is 5.82 Å². The fraction of sp³-hybridized carbons (Fsp3) is 0.0588. The first-order valence-electron chi connectivity index (χ1n) is 7.30. The lowest BCUT2D eigenvalue weighted by Crippen LogP contribution is -2.05. The quantitative estimate of drug-likeness (QED) is 0.518. The molecular formula is C17H10FN3O3S. The van der Waals surface area contributed by atoms with Gasteiger partial charge in [0.15, 0.2) is 5.76 Å². The molecule has 0 aliphatic rings. The van der Waals surface area contributed by atoms with Gasteiger partial charge in [-0.25, -0.2) is 9.18 Å². The smallest absolute Gasteiger partial charge is 0.338 e. The van der Waals surface area contributed by atoms with Gasteiger partial charge in [0.05, 0.1) is 17.3 Å². The molecule has 2 aromatic carbocycles. The van der Waals surface area contributed by atoms with E-state index < -0.39 is 5.97 Å². The molecule has 0 saturated carbocycles. The Morgan fingerprint density at radius 2 is 1.88 bits per heavy atom. The molecule has 0 unspecified atom stereocenters. The van der Waals surface area contributed by atoms with Crippen LogP contribution in [-0.4, -0.2) is 19.9 Å². The van der Waals surface area contributed by atoms with Crippen LogP contribution in [-0.2, 0) is 11.3 Å². The Morgan fingerprint density at radius 1 is 1.08 bits per heavy atom. The number of fused-ring (bicyclic) bond motifs is 1. The van der Waals surface area contributed by atoms with Crippen LogP contribution in [0.25, 0.3) is 22.4 Å². The number of carbonyl (C=O) groups excluding carboxylic acids is 1. The number of esters is 1. The number of hydrogen-bond acceptors (Lipinski definition) is 7. The Balaban J connectivity index is 1.44. The Bertz CT molecular complexity index is 1040. The third kappa shape index (κ3) is 3.24. The molecule has 0 saturated heterocycles. The van der Waals surface area contributed by atoms with Crippen LogP contribution in [0.5, 0.6) is 0 Å². The maximum atomic E-state index is 12.9. The van der Waals surface area contributed by atoms with Gasteiger partial charge in [0, 0.05) is 11.6 Å². The van der Waals surface area contributed by atoms with E-state index >= 15 is 0 Å². The van der Waals surface area contributed by atoms with Crippen molar-refractivity contribution < 1.29 is 18.4 Å². The summed E-state index contributed by atoms with van der Waals surface area (Å²) in [5, 5.41) is 3.86. The lowest BCUT2D eigenvalue weighted by atomic mass is 10.1. The van der Waals surface area contributed by atoms with Crippen molar-refractivity contribution in [3.05, 3.63) is 65.6 Å². The Morgan fingerprint density at radius 3 is 2.72 bits per heavy atom. The standard InChI is InChI=1S/C17H10FN3O3S/c18-12-4-1-10(2-5-12)16-8-13(19-24-16)9-23-17(22)11-3-6-14-15(7-11)21-25-20-14/h1-8H,9H2. The van der Waals surface area contributed by atoms with Gasteiger partial charge in [0.2, 0.25) is 0 Å². The second-order valence-electron chi connectivity index (χ2n) is 5.23. The zero-order chi connectivity index (χ0) is 17.2. The first kappa shape index (κ1) is 15.4. The average Bonchev–Trinajstić information content (AvgIpc) is 3.29. The summed E-state index contributed by atoms with van der Waals surface area (Å²) in [5.74, 6) is -0.341. The number of nitrogens with zero attached hydrogens (tertiary/aromatic N) is 3. The molecule has 0 amide bonds. The molecule has 0 radical (unpaired) electrons. The third-order valence-electron chi connectivity index (χ3n) is 3.53. The zero-order valence-corrected chi connectivity index (χ0v) is 13.5. The van der Waals surface area contributed by atoms with Crippen molar-refractivity contribution in [1.29, 1.82) is 0 Å². The molecule has 124 valence electrons. The van der Waals surface area contributed by atoms with E-state index in [0.29, 0.717) is 28.1 Å². The number of aromatic nitrogens is 3. The van der Waals surface area contributed by atoms with Crippen molar-refractivity contribution in [2.24, 2.45) is 0 Å². The molecule has 4 rings (SSSR count). The van der Waals surface area contributed by atoms with Crippen molar-refractivity contribution in [3.63, 3.8) is 0 Å². The highest BCUT2D eigenvalue weighted by Crippen LogP contribution is 2.21. The zero-order valence-electron chi connectivity index (χ0n) is 12.7. The SMILES string of the molecule is O=C(OCc1cc(-c2ccc(F)cc2)on1)c1ccc2nsnc2c1. The van der Waals surface area contributed by atoms with Crippen LogP contribution in [0.2, 0.25) is 0 Å². The van der Waals surface area contributed by atoms with Gasteiger partial charge in [-0.15, -0.1) is 0 Å². The largest absolute Gasteiger partial charge is 0.455 e. The molecule has 0 aliphatic carbocycles. The molecule has 6 nitrogen and oxygen atoms in total. The van der Waals surface area contributed by atoms with Crippen LogP contribution in [0.4, 0.5) is 4.39 Å². The third-order valence-corrected chi connectivity index (χ3v) is 4.08. The fourth-order valence-corrected chi connectivity index (χ4v) is 2.78. The van der Waals surface area contributed by atoms with Gasteiger partial charge in [-0.05, 0) is 42.5 Å². The Labute approximate surface area is 145 Å². The number of benzene rings is 2. The molecule has 2 aromatic heterocycles. The normalized spacial score (nSPS) is 10.9. The summed E-state index contributed by atoms with van der Waals surface area (Å²) in [6.45, 7) is -0.0309. The first-order valence-corrected chi connectivity index (χ1v) is 8.03. The van der Waals surface area contributed by atoms with E-state index in [1.165, 1.54) is 12.1 Å². The molecule has 0 N–H and O–H groups in total. The van der Waals surface area contributed by atoms with Gasteiger partial charge in [0.1, 0.15) is 29.2 Å². The van der Waals surface area contributed by atoms with Crippen LogP contribution in [0.1, 0.15) is 16.1 Å². The molecule has 0 fully saturated rings. The van der Waals surface area contributed by atoms with E-state index in [1.807, 2.05) is 0 Å². The number of rotatable bonds is 4. The first-order chi connectivity index (χ1) is 12.2. The highest BCUT2D eigenvalue weighted by Gasteiger charge is 2.12. The van der Waals surface area contributed by atoms with E-state index in [-0.39, 0.29) is 12.4 Å². The monoisotopic (exact) mass is 355 g/mol. The number of ether oxygens (including phenoxy) is 1. The van der Waals surface area contributed by atoms with Crippen LogP contribution in [0.15, 0.2) is 53.1 Å². The molecule has 8 heteroatoms. The summed E-state index contributed by atoms with van der Waals surface area (Å²) in [6.07, 6.45) is 0. The minimum atomic E-state index is -0.485. The van der Waals surface area contributed by atoms with E-state index in [1.54, 1.807) is 36.4 Å². The Kier molecular flexibility index (Phi) is 3.95. The summed E-state index contributed by atoms with van der Waals surface area (Å²) in [6, 6.07) is 12.5. The number of hydrogen-bond donors (Lipinski definition) is 0. The molecule has 0 spiro atoms. The Hall–Kier alpha value is -3.13. The molecule has 0 aliphatic heterocycles. The van der Waals surface area contributed by atoms with Crippen molar-refractivity contribution >= 4 is 28.7 Å². The molecule has 4 aromatic rings. The minimum absolute atomic E-state index is 0.0309. The number of carbonyl (C=O) groups is 1. The summed E-state index contributed by atoms with van der Waals surface area (Å²) >= 11 is 1.09. The summed E-state index contributed by atoms with van der Waals surface area (Å²) < 4.78 is 31.6. The molecular weight excluding hydrogens is 345 g/mol. The molecule has 0 atom stereocenters. The van der Waals surface area contributed by atoms with E-state index in [9.17, 15) is 9.18 Å². The summed E-state index contributed by atoms with van der Waals surface area (Å²) in [5.41, 5.74) is 2.93. The maximum Gasteiger partial charge on any atom is 0.338 e. The molecule has 25 heavy (non-hydrogen) atoms. The van der Waals surface area contributed by atoms with Crippen molar-refractivity contribution in [3.8, 4) is 11.3 Å². The predicted molar refractivity (Wildman–Crippen MR) is 88.4 cm³/mol. The second kappa shape index (κ2) is 6.40. The van der Waals surface area contributed by atoms with E-state index in [2.05, 4.69) is 13.9 Å². The molecule has 0 bridgehead atoms. The lowest BCUT2D eigenvalue weighted by molar-refractivity contribution is 0.0464. The second-order valence-corrected chi connectivity index (χ2v) is 5.76. The minimum Gasteiger partial charge on any atom is -0.455 e. The van der Waals surface area contributed by atoms with E-state index in [4.69, 9.17) is 9.26 Å². The molecule has 2 heterocycles. The summed E-state index contributed by atoms with van der Waals surface area (Å²) in [4.78, 5) is 12.1. The van der Waals surface area contributed by atoms with Crippen LogP contribution < -0.4 is 0 Å². The van der Waals surface area contributed by atoms with Crippen molar-refractivity contribution in [2.45, 2.75) is 6.61 Å². The highest BCUT2D eigenvalue weighted by molar-refractivity contribution is 7.00. The van der Waals surface area contributed by atoms with Crippen LogP contribution >= 0.6 is 11.7 Å². The van der Waals surface area contributed by atoms with Gasteiger partial charge < -0.3 is 9.26 Å². The van der Waals surface area contributed by atoms with Gasteiger partial charge >= 0.3 is 5.97 Å². The fourth-order valence-electron chi connectivity index (χ4n) is 2.26. The van der Waals surface area contributed by atoms with Gasteiger partial charge in [-0.2, -0.15) is 8.75 Å². The highest BCUT2D eigenvalue weighted by atomic mass is 32.1. The lowest BCUT2D eigenvalue weighted by Gasteiger charge is -2.02. The van der Waals surface area contributed by atoms with Crippen molar-refractivity contribution in [1.82, 2.24) is 13.9 Å².